The highest BCUT2D eigenvalue weighted by Gasteiger charge is 2.19. The van der Waals surface area contributed by atoms with Gasteiger partial charge >= 0.3 is 0 Å². The van der Waals surface area contributed by atoms with Gasteiger partial charge in [-0.1, -0.05) is 6.07 Å². The monoisotopic (exact) mass is 279 g/mol. The number of nitrogens with two attached hydrogens (primary N) is 2. The number of pyridine rings is 1. The summed E-state index contributed by atoms with van der Waals surface area (Å²) in [6.07, 6.45) is 1.49. The molecule has 100 valence electrons. The van der Waals surface area contributed by atoms with Crippen molar-refractivity contribution in [1.29, 1.82) is 0 Å². The third kappa shape index (κ3) is 2.67. The molecular formula is C12H13N3O3S. The lowest BCUT2D eigenvalue weighted by molar-refractivity contribution is 0.415. The second-order valence-electron chi connectivity index (χ2n) is 3.85. The van der Waals surface area contributed by atoms with E-state index in [0.29, 0.717) is 16.9 Å². The Labute approximate surface area is 111 Å². The normalized spacial score (nSPS) is 11.3. The zero-order valence-electron chi connectivity index (χ0n) is 10.2. The number of nitrogens with zero attached hydrogens (tertiary/aromatic N) is 1. The summed E-state index contributed by atoms with van der Waals surface area (Å²) in [6, 6.07) is 7.84. The molecule has 1 aromatic carbocycles. The van der Waals surface area contributed by atoms with Crippen molar-refractivity contribution in [3.05, 3.63) is 36.5 Å². The van der Waals surface area contributed by atoms with Crippen LogP contribution in [0.4, 0.5) is 5.82 Å². The van der Waals surface area contributed by atoms with Crippen molar-refractivity contribution < 1.29 is 13.2 Å². The van der Waals surface area contributed by atoms with Gasteiger partial charge in [-0.2, -0.15) is 0 Å². The number of ether oxygens (including phenoxy) is 1. The van der Waals surface area contributed by atoms with Gasteiger partial charge in [-0.3, -0.25) is 0 Å². The van der Waals surface area contributed by atoms with E-state index in [1.165, 1.54) is 19.4 Å². The summed E-state index contributed by atoms with van der Waals surface area (Å²) >= 11 is 0. The molecule has 0 atom stereocenters. The molecule has 0 saturated heterocycles. The number of hydrogen-bond acceptors (Lipinski definition) is 5. The van der Waals surface area contributed by atoms with E-state index in [-0.39, 0.29) is 10.7 Å². The lowest BCUT2D eigenvalue weighted by atomic mass is 10.1. The largest absolute Gasteiger partial charge is 0.496 e. The molecule has 1 aromatic heterocycles. The smallest absolute Gasteiger partial charge is 0.238 e. The Morgan fingerprint density at radius 2 is 2.00 bits per heavy atom. The van der Waals surface area contributed by atoms with Crippen LogP contribution in [0.15, 0.2) is 41.4 Å². The Hall–Kier alpha value is -2.12. The number of aromatic nitrogens is 1. The predicted molar refractivity (Wildman–Crippen MR) is 72.0 cm³/mol. The van der Waals surface area contributed by atoms with Crippen molar-refractivity contribution in [3.8, 4) is 16.9 Å². The summed E-state index contributed by atoms with van der Waals surface area (Å²) in [5.41, 5.74) is 6.57. The highest BCUT2D eigenvalue weighted by atomic mass is 32.2. The molecule has 0 radical (unpaired) electrons. The van der Waals surface area contributed by atoms with Crippen LogP contribution in [-0.4, -0.2) is 20.5 Å². The number of methoxy groups -OCH3 is 1. The second kappa shape index (κ2) is 4.87. The molecule has 7 heteroatoms. The van der Waals surface area contributed by atoms with Gasteiger partial charge in [-0.15, -0.1) is 0 Å². The van der Waals surface area contributed by atoms with Crippen LogP contribution >= 0.6 is 0 Å². The number of rotatable bonds is 3. The van der Waals surface area contributed by atoms with Crippen LogP contribution in [0.1, 0.15) is 0 Å². The second-order valence-corrected chi connectivity index (χ2v) is 5.38. The SMILES string of the molecule is COc1cccc(S(N)(=O)=O)c1-c1ccnc(N)c1. The van der Waals surface area contributed by atoms with E-state index in [2.05, 4.69) is 4.98 Å². The Bertz CT molecular complexity index is 714. The van der Waals surface area contributed by atoms with Crippen molar-refractivity contribution in [1.82, 2.24) is 4.98 Å². The molecule has 0 aliphatic heterocycles. The topological polar surface area (TPSA) is 108 Å². The molecule has 0 amide bonds. The van der Waals surface area contributed by atoms with E-state index in [0.717, 1.165) is 0 Å². The van der Waals surface area contributed by atoms with Crippen LogP contribution in [0.5, 0.6) is 5.75 Å². The number of hydrogen-bond donors (Lipinski definition) is 2. The first-order chi connectivity index (χ1) is 8.93. The summed E-state index contributed by atoms with van der Waals surface area (Å²) in [4.78, 5) is 3.85. The van der Waals surface area contributed by atoms with Gasteiger partial charge < -0.3 is 10.5 Å². The van der Waals surface area contributed by atoms with Gasteiger partial charge in [0.15, 0.2) is 0 Å². The van der Waals surface area contributed by atoms with E-state index in [9.17, 15) is 8.42 Å². The lowest BCUT2D eigenvalue weighted by Crippen LogP contribution is -2.14. The highest BCUT2D eigenvalue weighted by molar-refractivity contribution is 7.89. The van der Waals surface area contributed by atoms with E-state index in [1.807, 2.05) is 0 Å². The van der Waals surface area contributed by atoms with Crippen molar-refractivity contribution in [3.63, 3.8) is 0 Å². The highest BCUT2D eigenvalue weighted by Crippen LogP contribution is 2.35. The predicted octanol–water partition coefficient (Wildman–Crippen LogP) is 0.987. The lowest BCUT2D eigenvalue weighted by Gasteiger charge is -2.13. The molecule has 0 aliphatic rings. The fourth-order valence-corrected chi connectivity index (χ4v) is 2.58. The van der Waals surface area contributed by atoms with Gasteiger partial charge in [-0.25, -0.2) is 18.5 Å². The number of benzene rings is 1. The number of anilines is 1. The fourth-order valence-electron chi connectivity index (χ4n) is 1.81. The Kier molecular flexibility index (Phi) is 3.41. The van der Waals surface area contributed by atoms with Gasteiger partial charge in [0.25, 0.3) is 0 Å². The molecule has 0 fully saturated rings. The summed E-state index contributed by atoms with van der Waals surface area (Å²) in [7, 11) is -2.41. The third-order valence-corrected chi connectivity index (χ3v) is 3.54. The third-order valence-electron chi connectivity index (χ3n) is 2.58. The first-order valence-corrected chi connectivity index (χ1v) is 6.90. The van der Waals surface area contributed by atoms with Gasteiger partial charge in [0.05, 0.1) is 12.0 Å². The molecule has 0 bridgehead atoms. The maximum atomic E-state index is 11.7. The summed E-state index contributed by atoms with van der Waals surface area (Å²) < 4.78 is 28.5. The Morgan fingerprint density at radius 3 is 2.58 bits per heavy atom. The first-order valence-electron chi connectivity index (χ1n) is 5.35. The van der Waals surface area contributed by atoms with Gasteiger partial charge in [0.2, 0.25) is 10.0 Å². The maximum absolute atomic E-state index is 11.7. The van der Waals surface area contributed by atoms with Gasteiger partial charge in [0, 0.05) is 11.8 Å². The van der Waals surface area contributed by atoms with Crippen molar-refractivity contribution >= 4 is 15.8 Å². The molecular weight excluding hydrogens is 266 g/mol. The molecule has 0 unspecified atom stereocenters. The summed E-state index contributed by atoms with van der Waals surface area (Å²) in [6.45, 7) is 0. The molecule has 0 aliphatic carbocycles. The van der Waals surface area contributed by atoms with E-state index in [4.69, 9.17) is 15.6 Å². The molecule has 2 rings (SSSR count). The average molecular weight is 279 g/mol. The molecule has 6 nitrogen and oxygen atoms in total. The summed E-state index contributed by atoms with van der Waals surface area (Å²) in [5.74, 6) is 0.681. The van der Waals surface area contributed by atoms with Crippen LogP contribution in [0.25, 0.3) is 11.1 Å². The van der Waals surface area contributed by atoms with E-state index >= 15 is 0 Å². The molecule has 0 spiro atoms. The van der Waals surface area contributed by atoms with Gasteiger partial charge in [-0.05, 0) is 29.8 Å². The minimum Gasteiger partial charge on any atom is -0.496 e. The molecule has 4 N–H and O–H groups in total. The van der Waals surface area contributed by atoms with Crippen LogP contribution in [0.2, 0.25) is 0 Å². The van der Waals surface area contributed by atoms with Crippen molar-refractivity contribution in [2.75, 3.05) is 12.8 Å². The minimum atomic E-state index is -3.87. The quantitative estimate of drug-likeness (QED) is 0.870. The Morgan fingerprint density at radius 1 is 1.26 bits per heavy atom. The average Bonchev–Trinajstić information content (AvgIpc) is 2.36. The van der Waals surface area contributed by atoms with Crippen molar-refractivity contribution in [2.24, 2.45) is 5.14 Å². The van der Waals surface area contributed by atoms with Crippen LogP contribution in [0.3, 0.4) is 0 Å². The maximum Gasteiger partial charge on any atom is 0.238 e. The Balaban J connectivity index is 2.80. The number of sulfonamides is 1. The fraction of sp³-hybridized carbons (Fsp3) is 0.0833. The summed E-state index contributed by atoms with van der Waals surface area (Å²) in [5, 5.41) is 5.23. The number of primary sulfonamides is 1. The van der Waals surface area contributed by atoms with Crippen LogP contribution in [0, 0.1) is 0 Å². The van der Waals surface area contributed by atoms with E-state index < -0.39 is 10.0 Å². The van der Waals surface area contributed by atoms with Gasteiger partial charge in [0.1, 0.15) is 11.6 Å². The van der Waals surface area contributed by atoms with Crippen LogP contribution in [-0.2, 0) is 10.0 Å². The molecule has 2 aromatic rings. The molecule has 0 saturated carbocycles. The molecule has 19 heavy (non-hydrogen) atoms. The zero-order valence-corrected chi connectivity index (χ0v) is 11.0. The standard InChI is InChI=1S/C12H13N3O3S/c1-18-9-3-2-4-10(19(14,16)17)12(9)8-5-6-15-11(13)7-8/h2-7H,1H3,(H2,13,15)(H2,14,16,17). The zero-order chi connectivity index (χ0) is 14.0. The molecule has 1 heterocycles. The number of nitrogen functional groups attached to an aromatic ring is 1. The minimum absolute atomic E-state index is 0.0162. The van der Waals surface area contributed by atoms with Crippen molar-refractivity contribution in [2.45, 2.75) is 4.90 Å². The van der Waals surface area contributed by atoms with E-state index in [1.54, 1.807) is 24.3 Å². The van der Waals surface area contributed by atoms with Crippen LogP contribution < -0.4 is 15.6 Å². The first kappa shape index (κ1) is 13.3.